The number of thiophene rings is 1. The zero-order valence-corrected chi connectivity index (χ0v) is 20.0. The summed E-state index contributed by atoms with van der Waals surface area (Å²) in [6, 6.07) is 11.9. The Kier molecular flexibility index (Phi) is 7.25. The minimum Gasteiger partial charge on any atom is -0.492 e. The first-order chi connectivity index (χ1) is 15.9. The molecule has 0 atom stereocenters. The molecule has 1 amide bonds. The molecule has 0 radical (unpaired) electrons. The van der Waals surface area contributed by atoms with Gasteiger partial charge in [-0.25, -0.2) is 9.78 Å². The van der Waals surface area contributed by atoms with Gasteiger partial charge in [0.25, 0.3) is 0 Å². The maximum Gasteiger partial charge on any atom is 0.350 e. The van der Waals surface area contributed by atoms with Crippen molar-refractivity contribution in [1.29, 1.82) is 0 Å². The summed E-state index contributed by atoms with van der Waals surface area (Å²) in [5.74, 6) is 0.379. The Balaban J connectivity index is 1.43. The Morgan fingerprint density at radius 2 is 1.94 bits per heavy atom. The van der Waals surface area contributed by atoms with E-state index in [9.17, 15) is 9.59 Å². The lowest BCUT2D eigenvalue weighted by Gasteiger charge is -2.24. The average Bonchev–Trinajstić information content (AvgIpc) is 3.10. The molecule has 2 heterocycles. The molecule has 1 aliphatic rings. The summed E-state index contributed by atoms with van der Waals surface area (Å²) < 4.78 is 10.8. The lowest BCUT2D eigenvalue weighted by atomic mass is 9.85. The van der Waals surface area contributed by atoms with Crippen LogP contribution in [-0.2, 0) is 16.1 Å². The number of likely N-dealkylation sites (N-methyl/N-ethyl adjacent to an activating group) is 1. The Labute approximate surface area is 197 Å². The number of carbonyl (C=O) groups excluding carboxylic acids is 2. The number of hydrogen-bond acceptors (Lipinski definition) is 7. The van der Waals surface area contributed by atoms with Gasteiger partial charge in [-0.05, 0) is 51.1 Å². The second kappa shape index (κ2) is 10.3. The molecule has 1 fully saturated rings. The molecule has 1 saturated carbocycles. The number of aryl methyl sites for hydroxylation is 1. The van der Waals surface area contributed by atoms with Crippen molar-refractivity contribution in [2.24, 2.45) is 5.92 Å². The predicted octanol–water partition coefficient (Wildman–Crippen LogP) is 4.64. The highest BCUT2D eigenvalue weighted by Gasteiger charge is 2.28. The van der Waals surface area contributed by atoms with E-state index in [2.05, 4.69) is 10.2 Å². The molecule has 0 aliphatic heterocycles. The van der Waals surface area contributed by atoms with E-state index in [0.29, 0.717) is 28.5 Å². The number of hydrogen-bond donors (Lipinski definition) is 1. The van der Waals surface area contributed by atoms with Crippen LogP contribution < -0.4 is 10.1 Å². The number of ether oxygens (including phenoxy) is 2. The minimum atomic E-state index is -0.464. The van der Waals surface area contributed by atoms with E-state index in [4.69, 9.17) is 14.5 Å². The van der Waals surface area contributed by atoms with Gasteiger partial charge in [-0.1, -0.05) is 24.1 Å². The fourth-order valence-corrected chi connectivity index (χ4v) is 4.74. The van der Waals surface area contributed by atoms with E-state index < -0.39 is 5.97 Å². The molecule has 0 unspecified atom stereocenters. The van der Waals surface area contributed by atoms with Crippen molar-refractivity contribution in [3.05, 3.63) is 52.5 Å². The van der Waals surface area contributed by atoms with Crippen LogP contribution in [0.2, 0.25) is 0 Å². The first-order valence-corrected chi connectivity index (χ1v) is 12.0. The Morgan fingerprint density at radius 3 is 2.61 bits per heavy atom. The predicted molar refractivity (Wildman–Crippen MR) is 130 cm³/mol. The Morgan fingerprint density at radius 1 is 1.18 bits per heavy atom. The summed E-state index contributed by atoms with van der Waals surface area (Å²) in [6.45, 7) is 4.01. The van der Waals surface area contributed by atoms with Crippen molar-refractivity contribution >= 4 is 39.1 Å². The van der Waals surface area contributed by atoms with Gasteiger partial charge in [0.05, 0.1) is 18.5 Å². The highest BCUT2D eigenvalue weighted by Crippen LogP contribution is 2.37. The third kappa shape index (κ3) is 5.51. The molecule has 33 heavy (non-hydrogen) atoms. The van der Waals surface area contributed by atoms with Gasteiger partial charge < -0.3 is 14.8 Å². The Bertz CT molecular complexity index is 1140. The van der Waals surface area contributed by atoms with Crippen LogP contribution in [0.15, 0.2) is 36.4 Å². The fraction of sp³-hybridized carbons (Fsp3) is 0.400. The SMILES string of the molecule is COC(=O)c1sc2nc(CN(C)CCOc3ccc(C)cc3)ccc2c1NC(=O)C1CCC1. The molecule has 3 aromatic rings. The van der Waals surface area contributed by atoms with Crippen molar-refractivity contribution in [2.45, 2.75) is 32.7 Å². The normalized spacial score (nSPS) is 13.7. The molecule has 2 aromatic heterocycles. The van der Waals surface area contributed by atoms with E-state index in [1.807, 2.05) is 50.4 Å². The number of carbonyl (C=O) groups is 2. The van der Waals surface area contributed by atoms with Gasteiger partial charge in [0, 0.05) is 24.4 Å². The quantitative estimate of drug-likeness (QED) is 0.462. The van der Waals surface area contributed by atoms with Gasteiger partial charge in [-0.15, -0.1) is 11.3 Å². The summed E-state index contributed by atoms with van der Waals surface area (Å²) in [5, 5.41) is 3.73. The number of fused-ring (bicyclic) bond motifs is 1. The molecule has 1 N–H and O–H groups in total. The second-order valence-corrected chi connectivity index (χ2v) is 9.47. The van der Waals surface area contributed by atoms with E-state index in [-0.39, 0.29) is 11.8 Å². The van der Waals surface area contributed by atoms with E-state index >= 15 is 0 Å². The van der Waals surface area contributed by atoms with Crippen LogP contribution in [0.4, 0.5) is 5.69 Å². The van der Waals surface area contributed by atoms with Gasteiger partial charge in [0.2, 0.25) is 5.91 Å². The number of rotatable bonds is 9. The largest absolute Gasteiger partial charge is 0.492 e. The summed E-state index contributed by atoms with van der Waals surface area (Å²) in [5.41, 5.74) is 2.60. The highest BCUT2D eigenvalue weighted by atomic mass is 32.1. The maximum atomic E-state index is 12.5. The molecule has 1 aliphatic carbocycles. The molecule has 0 saturated heterocycles. The number of benzene rings is 1. The van der Waals surface area contributed by atoms with E-state index in [0.717, 1.165) is 42.6 Å². The summed E-state index contributed by atoms with van der Waals surface area (Å²) in [4.78, 5) is 32.9. The van der Waals surface area contributed by atoms with Crippen LogP contribution in [0.25, 0.3) is 10.2 Å². The number of amides is 1. The summed E-state index contributed by atoms with van der Waals surface area (Å²) >= 11 is 1.25. The fourth-order valence-electron chi connectivity index (χ4n) is 3.67. The highest BCUT2D eigenvalue weighted by molar-refractivity contribution is 7.21. The topological polar surface area (TPSA) is 80.8 Å². The lowest BCUT2D eigenvalue weighted by Crippen LogP contribution is -2.28. The molecule has 8 heteroatoms. The van der Waals surface area contributed by atoms with Crippen molar-refractivity contribution in [3.8, 4) is 5.75 Å². The molecule has 4 rings (SSSR count). The summed E-state index contributed by atoms with van der Waals surface area (Å²) in [6.07, 6.45) is 2.86. The number of aromatic nitrogens is 1. The number of methoxy groups -OCH3 is 1. The van der Waals surface area contributed by atoms with Crippen LogP contribution in [-0.4, -0.2) is 49.1 Å². The zero-order chi connectivity index (χ0) is 23.4. The average molecular weight is 468 g/mol. The number of nitrogens with one attached hydrogen (secondary N) is 1. The number of nitrogens with zero attached hydrogens (tertiary/aromatic N) is 2. The van der Waals surface area contributed by atoms with Crippen LogP contribution in [0.3, 0.4) is 0 Å². The molecule has 174 valence electrons. The second-order valence-electron chi connectivity index (χ2n) is 8.47. The zero-order valence-electron chi connectivity index (χ0n) is 19.2. The van der Waals surface area contributed by atoms with Crippen LogP contribution >= 0.6 is 11.3 Å². The third-order valence-electron chi connectivity index (χ3n) is 5.90. The smallest absolute Gasteiger partial charge is 0.350 e. The molecule has 1 aromatic carbocycles. The Hall–Kier alpha value is -2.97. The van der Waals surface area contributed by atoms with Crippen LogP contribution in [0, 0.1) is 12.8 Å². The molecule has 0 spiro atoms. The molecule has 7 nitrogen and oxygen atoms in total. The lowest BCUT2D eigenvalue weighted by molar-refractivity contribution is -0.122. The first-order valence-electron chi connectivity index (χ1n) is 11.1. The van der Waals surface area contributed by atoms with Crippen molar-refractivity contribution < 1.29 is 19.1 Å². The maximum absolute atomic E-state index is 12.5. The van der Waals surface area contributed by atoms with Gasteiger partial charge in [0.1, 0.15) is 22.1 Å². The van der Waals surface area contributed by atoms with Crippen LogP contribution in [0.5, 0.6) is 5.75 Å². The number of pyridine rings is 1. The van der Waals surface area contributed by atoms with Crippen molar-refractivity contribution in [2.75, 3.05) is 32.6 Å². The van der Waals surface area contributed by atoms with Crippen molar-refractivity contribution in [3.63, 3.8) is 0 Å². The van der Waals surface area contributed by atoms with Gasteiger partial charge in [-0.3, -0.25) is 9.69 Å². The monoisotopic (exact) mass is 467 g/mol. The first kappa shape index (κ1) is 23.2. The van der Waals surface area contributed by atoms with Crippen molar-refractivity contribution in [1.82, 2.24) is 9.88 Å². The van der Waals surface area contributed by atoms with Crippen LogP contribution in [0.1, 0.15) is 40.2 Å². The molecular weight excluding hydrogens is 438 g/mol. The van der Waals surface area contributed by atoms with Gasteiger partial charge in [0.15, 0.2) is 0 Å². The number of anilines is 1. The molecular formula is C25H29N3O4S. The summed E-state index contributed by atoms with van der Waals surface area (Å²) in [7, 11) is 3.36. The standard InChI is InChI=1S/C25H29N3O4S/c1-16-7-10-19(11-8-16)32-14-13-28(2)15-18-9-12-20-21(27-23(29)17-5-4-6-17)22(25(30)31-3)33-24(20)26-18/h7-12,17H,4-6,13-15H2,1-3H3,(H,27,29). The number of esters is 1. The van der Waals surface area contributed by atoms with E-state index in [1.54, 1.807) is 0 Å². The molecule has 0 bridgehead atoms. The third-order valence-corrected chi connectivity index (χ3v) is 6.98. The van der Waals surface area contributed by atoms with Gasteiger partial charge in [-0.2, -0.15) is 0 Å². The minimum absolute atomic E-state index is 0.0217. The van der Waals surface area contributed by atoms with E-state index in [1.165, 1.54) is 24.0 Å². The van der Waals surface area contributed by atoms with Gasteiger partial charge >= 0.3 is 5.97 Å².